The summed E-state index contributed by atoms with van der Waals surface area (Å²) < 4.78 is 66.9. The minimum absolute atomic E-state index is 0. The molecule has 0 unspecified atom stereocenters. The van der Waals surface area contributed by atoms with Crippen LogP contribution < -0.4 is 89.8 Å². The van der Waals surface area contributed by atoms with Crippen LogP contribution in [0.25, 0.3) is 0 Å². The number of carbonyl (C=O) groups is 4. The average molecular weight is 1960 g/mol. The fourth-order valence-corrected chi connectivity index (χ4v) is 19.2. The van der Waals surface area contributed by atoms with Crippen molar-refractivity contribution in [1.82, 2.24) is 39.9 Å². The van der Waals surface area contributed by atoms with E-state index >= 15 is 0 Å². The molecule has 0 spiro atoms. The molecule has 135 heavy (non-hydrogen) atoms. The number of nitrogen functional groups attached to an aromatic ring is 1. The molecule has 0 atom stereocenters. The smallest absolute Gasteiger partial charge is 0.870 e. The summed E-state index contributed by atoms with van der Waals surface area (Å²) in [4.78, 5) is 92.2. The van der Waals surface area contributed by atoms with Crippen molar-refractivity contribution in [3.05, 3.63) is 149 Å². The summed E-state index contributed by atoms with van der Waals surface area (Å²) in [5.41, 5.74) is 18.2. The molecule has 8 fully saturated rings. The monoisotopic (exact) mass is 1950 g/mol. The number of aromatic nitrogens is 8. The van der Waals surface area contributed by atoms with Crippen LogP contribution in [-0.4, -0.2) is 226 Å². The second-order valence-electron chi connectivity index (χ2n) is 37.9. The third-order valence-corrected chi connectivity index (χ3v) is 27.2. The third-order valence-electron chi connectivity index (χ3n) is 26.0. The van der Waals surface area contributed by atoms with Gasteiger partial charge in [-0.1, -0.05) is 79.7 Å². The zero-order valence-corrected chi connectivity index (χ0v) is 85.9. The Morgan fingerprint density at radius 3 is 0.904 bits per heavy atom. The van der Waals surface area contributed by atoms with Gasteiger partial charge in [-0.15, -0.1) is 0 Å². The average Bonchev–Trinajstić information content (AvgIpc) is 1.60. The van der Waals surface area contributed by atoms with Crippen molar-refractivity contribution in [3.63, 3.8) is 0 Å². The van der Waals surface area contributed by atoms with Crippen LogP contribution >= 0.6 is 15.9 Å². The van der Waals surface area contributed by atoms with Crippen LogP contribution in [0, 0.1) is 23.7 Å². The Balaban J connectivity index is 0.000000181. The summed E-state index contributed by atoms with van der Waals surface area (Å²) in [6.45, 7) is 31.2. The SMILES string of the molecule is CC(=O)C1(c2ccc(N(CC(C)C)C3CCOCC3)c(N)c2)CC1.COc1ncc(Br)cn1.COc1ncc(Nc2cc(C3(C(=O)CS(C)(=O)=O)CC3)ccc2N(CC(C)C)C2CCOCC2)cn1.COc1ncc(Nc2cc(C3(C(=O)O)CC3)ccc2N(CC(C)C)C2CCOCC2)cn1.COc1ncc(Nc2cc(C3(C(C)=O)CC3)ccc2N(CC(C)C)C2CCOCC2)cn1.[Na+].[OH-]. The van der Waals surface area contributed by atoms with Crippen LogP contribution in [0.3, 0.4) is 0 Å². The van der Waals surface area contributed by atoms with Gasteiger partial charge in [-0.25, -0.2) is 48.3 Å². The molecule has 4 saturated heterocycles. The largest absolute Gasteiger partial charge is 1.00 e. The molecule has 35 heteroatoms. The molecule has 4 aromatic carbocycles. The number of nitrogens with two attached hydrogens (primary N) is 1. The number of carboxylic acids is 1. The van der Waals surface area contributed by atoms with Crippen LogP contribution in [0.5, 0.6) is 24.0 Å². The molecule has 32 nitrogen and oxygen atoms in total. The molecule has 8 heterocycles. The van der Waals surface area contributed by atoms with Crippen molar-refractivity contribution < 1.29 is 106 Å². The number of nitrogens with zero attached hydrogens (tertiary/aromatic N) is 12. The molecule has 728 valence electrons. The Labute approximate surface area is 826 Å². The number of Topliss-reactive ketones (excluding diaryl/α,β-unsaturated/α-hetero) is 3. The number of benzene rings is 4. The number of halogens is 1. The van der Waals surface area contributed by atoms with Gasteiger partial charge in [-0.05, 0) is 227 Å². The van der Waals surface area contributed by atoms with Crippen LogP contribution in [0.2, 0.25) is 0 Å². The normalized spacial score (nSPS) is 17.3. The summed E-state index contributed by atoms with van der Waals surface area (Å²) in [6.07, 6.45) is 28.8. The Hall–Kier alpha value is -9.49. The number of anilines is 11. The van der Waals surface area contributed by atoms with Crippen molar-refractivity contribution in [3.8, 4) is 24.0 Å². The van der Waals surface area contributed by atoms with Gasteiger partial charge >= 0.3 is 59.6 Å². The van der Waals surface area contributed by atoms with E-state index in [1.54, 1.807) is 70.5 Å². The van der Waals surface area contributed by atoms with Crippen molar-refractivity contribution in [2.75, 3.05) is 161 Å². The molecule has 0 radical (unpaired) electrons. The Morgan fingerprint density at radius 2 is 0.667 bits per heavy atom. The predicted molar refractivity (Wildman–Crippen MR) is 525 cm³/mol. The molecule has 4 aromatic heterocycles. The van der Waals surface area contributed by atoms with Gasteiger partial charge in [0.2, 0.25) is 0 Å². The summed E-state index contributed by atoms with van der Waals surface area (Å²) in [6, 6.07) is 27.8. The van der Waals surface area contributed by atoms with Gasteiger partial charge in [0.1, 0.15) is 17.3 Å². The maximum atomic E-state index is 13.0. The Morgan fingerprint density at radius 1 is 0.422 bits per heavy atom. The molecule has 0 amide bonds. The number of ether oxygens (including phenoxy) is 8. The molecule has 4 saturated carbocycles. The quantitative estimate of drug-likeness (QED) is 0.0180. The van der Waals surface area contributed by atoms with E-state index in [9.17, 15) is 32.7 Å². The number of hydrogen-bond donors (Lipinski definition) is 5. The van der Waals surface area contributed by atoms with Crippen LogP contribution in [0.1, 0.15) is 194 Å². The number of hydrogen-bond acceptors (Lipinski definition) is 31. The molecule has 4 aliphatic carbocycles. The summed E-state index contributed by atoms with van der Waals surface area (Å²) >= 11 is 3.19. The van der Waals surface area contributed by atoms with Crippen molar-refractivity contribution >= 4 is 112 Å². The summed E-state index contributed by atoms with van der Waals surface area (Å²) in [5, 5.41) is 20.3. The van der Waals surface area contributed by atoms with Crippen molar-refractivity contribution in [2.45, 2.75) is 218 Å². The van der Waals surface area contributed by atoms with Gasteiger partial charge in [0.25, 0.3) is 0 Å². The zero-order valence-electron chi connectivity index (χ0n) is 81.5. The number of carbonyl (C=O) groups excluding carboxylic acids is 3. The van der Waals surface area contributed by atoms with Gasteiger partial charge < -0.3 is 89.8 Å². The fraction of sp³-hybridized carbons (Fsp3) is 0.560. The molecular formula is C100H138BrN16NaO16S. The summed E-state index contributed by atoms with van der Waals surface area (Å²) in [7, 11) is 2.73. The first-order chi connectivity index (χ1) is 63.7. The maximum Gasteiger partial charge on any atom is 1.00 e. The maximum absolute atomic E-state index is 13.0. The number of rotatable bonds is 36. The molecular weight excluding hydrogens is 1820 g/mol. The first kappa shape index (κ1) is 108. The fourth-order valence-electron chi connectivity index (χ4n) is 18.3. The van der Waals surface area contributed by atoms with Gasteiger partial charge in [0, 0.05) is 122 Å². The standard InChI is InChI=1S/C26H36N4O5S.C25H34N4O3.C24H32N4O4.C20H30N2O2.C5H5BrN2O.Na.H2O/c1-18(2)16-30(21-7-11-35-12-8-21)23-6-5-19(26(9-10-26)24(31)17-36(4,32)33)13-22(23)29-20-14-27-25(34-3)28-15-20;1-17(2)16-29(21-7-11-32-12-8-21)23-6-5-19(25(9-10-25)18(3)30)13-22(23)28-20-14-26-24(31-4)27-15-20;1-16(2)15-28(19-6-10-32-11-7-19)21-5-4-17(24(8-9-24)22(29)30)12-20(21)27-18-13-25-23(31-3)26-14-18;1-14(2)13-22(17-6-10-24-11-7-17)19-5-4-16(12-18(19)21)20(8-9-20)15(3)23;1-9-5-7-2-4(6)3-8-5;;/h5-6,13-15,18,21,29H,7-12,16-17H2,1-4H3;5-6,13-15,17,21,28H,7-12,16H2,1-4H3;4-5,12-14,16,19,27H,6-11,15H2,1-3H3,(H,29,30);4-5,12,14,17H,6-11,13,21H2,1-3H3;2-3H,1H3;;1H2/q;;;;;+1;/p-1. The van der Waals surface area contributed by atoms with E-state index in [2.05, 4.69) is 189 Å². The van der Waals surface area contributed by atoms with Crippen LogP contribution in [0.4, 0.5) is 62.6 Å². The number of sulfone groups is 1. The predicted octanol–water partition coefficient (Wildman–Crippen LogP) is 13.6. The van der Waals surface area contributed by atoms with E-state index in [-0.39, 0.29) is 69.2 Å². The van der Waals surface area contributed by atoms with E-state index in [1.807, 2.05) is 30.3 Å². The van der Waals surface area contributed by atoms with E-state index < -0.39 is 32.4 Å². The van der Waals surface area contributed by atoms with E-state index in [1.165, 1.54) is 21.3 Å². The van der Waals surface area contributed by atoms with Crippen molar-refractivity contribution in [1.29, 1.82) is 0 Å². The molecule has 8 aromatic rings. The summed E-state index contributed by atoms with van der Waals surface area (Å²) in [5.74, 6) is 1.07. The number of carboxylic acid groups (broad SMARTS) is 1. The molecule has 7 N–H and O–H groups in total. The minimum Gasteiger partial charge on any atom is -0.870 e. The molecule has 8 aliphatic rings. The molecule has 0 bridgehead atoms. The minimum atomic E-state index is -3.40. The second-order valence-corrected chi connectivity index (χ2v) is 41.0. The second kappa shape index (κ2) is 49.2. The van der Waals surface area contributed by atoms with Gasteiger partial charge in [0.05, 0.1) is 154 Å². The first-order valence-electron chi connectivity index (χ1n) is 46.8. The van der Waals surface area contributed by atoms with Crippen molar-refractivity contribution in [2.24, 2.45) is 23.7 Å². The van der Waals surface area contributed by atoms with E-state index in [0.717, 1.165) is 246 Å². The van der Waals surface area contributed by atoms with E-state index in [0.29, 0.717) is 97.2 Å². The first-order valence-corrected chi connectivity index (χ1v) is 49.7. The molecule has 4 aliphatic heterocycles. The number of ketones is 3. The van der Waals surface area contributed by atoms with E-state index in [4.69, 9.17) is 43.6 Å². The number of nitrogens with one attached hydrogen (secondary N) is 3. The van der Waals surface area contributed by atoms with Gasteiger partial charge in [0.15, 0.2) is 15.6 Å². The Bertz CT molecular complexity index is 5130. The van der Waals surface area contributed by atoms with Crippen LogP contribution in [-0.2, 0) is 69.6 Å². The topological polar surface area (TPSA) is 405 Å². The zero-order chi connectivity index (χ0) is 95.4. The number of methoxy groups -OCH3 is 4. The third kappa shape index (κ3) is 28.6. The molecule has 16 rings (SSSR count). The van der Waals surface area contributed by atoms with Gasteiger partial charge in [-0.3, -0.25) is 19.2 Å². The number of aliphatic carboxylic acids is 1. The Kier molecular flexibility index (Phi) is 39.2. The van der Waals surface area contributed by atoms with Crippen LogP contribution in [0.15, 0.2) is 127 Å². The van der Waals surface area contributed by atoms with Gasteiger partial charge in [-0.2, -0.15) is 0 Å².